The smallest absolute Gasteiger partial charge is 0.254 e. The molecule has 1 amide bonds. The number of nitrogens with zero attached hydrogens (tertiary/aromatic N) is 2. The monoisotopic (exact) mass is 389 g/mol. The predicted molar refractivity (Wildman–Crippen MR) is 112 cm³/mol. The minimum Gasteiger partial charge on any atom is -0.497 e. The quantitative estimate of drug-likeness (QED) is 0.713. The van der Waals surface area contributed by atoms with Crippen molar-refractivity contribution in [2.24, 2.45) is 0 Å². The molecule has 6 nitrogen and oxygen atoms in total. The molecule has 148 valence electrons. The topological polar surface area (TPSA) is 63.7 Å². The number of nitrogens with one attached hydrogen (secondary N) is 1. The molecule has 0 saturated heterocycles. The maximum atomic E-state index is 13.0. The zero-order chi connectivity index (χ0) is 20.2. The van der Waals surface area contributed by atoms with Gasteiger partial charge in [-0.1, -0.05) is 24.3 Å². The summed E-state index contributed by atoms with van der Waals surface area (Å²) in [5.41, 5.74) is 3.88. The summed E-state index contributed by atoms with van der Waals surface area (Å²) in [6.45, 7) is 1.35. The van der Waals surface area contributed by atoms with E-state index in [0.717, 1.165) is 12.1 Å². The second-order valence-corrected chi connectivity index (χ2v) is 6.87. The third-order valence-corrected chi connectivity index (χ3v) is 5.10. The van der Waals surface area contributed by atoms with Gasteiger partial charge in [0.15, 0.2) is 0 Å². The van der Waals surface area contributed by atoms with Gasteiger partial charge in [0.25, 0.3) is 5.91 Å². The molecule has 1 aromatic heterocycles. The average molecular weight is 389 g/mol. The van der Waals surface area contributed by atoms with Crippen LogP contribution in [0.2, 0.25) is 0 Å². The second-order valence-electron chi connectivity index (χ2n) is 6.87. The number of anilines is 2. The number of rotatable bonds is 5. The van der Waals surface area contributed by atoms with Crippen molar-refractivity contribution in [2.75, 3.05) is 26.1 Å². The molecule has 0 unspecified atom stereocenters. The molecule has 1 N–H and O–H groups in total. The molecule has 6 heteroatoms. The van der Waals surface area contributed by atoms with E-state index in [9.17, 15) is 4.79 Å². The van der Waals surface area contributed by atoms with E-state index in [0.29, 0.717) is 36.0 Å². The summed E-state index contributed by atoms with van der Waals surface area (Å²) in [6, 6.07) is 17.3. The lowest BCUT2D eigenvalue weighted by Crippen LogP contribution is -2.35. The number of ether oxygens (including phenoxy) is 2. The maximum Gasteiger partial charge on any atom is 0.254 e. The Morgan fingerprint density at radius 3 is 2.66 bits per heavy atom. The minimum absolute atomic E-state index is 0.00616. The second kappa shape index (κ2) is 8.22. The van der Waals surface area contributed by atoms with E-state index in [4.69, 9.17) is 9.47 Å². The Labute approximate surface area is 170 Å². The molecular formula is C23H23N3O3. The number of amides is 1. The van der Waals surface area contributed by atoms with Crippen molar-refractivity contribution in [1.29, 1.82) is 0 Å². The van der Waals surface area contributed by atoms with E-state index in [1.807, 2.05) is 29.2 Å². The first-order valence-corrected chi connectivity index (χ1v) is 9.49. The van der Waals surface area contributed by atoms with Crippen LogP contribution in [0.5, 0.6) is 11.5 Å². The number of hydrogen-bond donors (Lipinski definition) is 1. The highest BCUT2D eigenvalue weighted by Crippen LogP contribution is 2.31. The standard InChI is InChI=1S/C23H23N3O3/c1-28-19-7-8-20(21(14-19)29-2)25-22-13-17(9-11-24-22)23(27)26-12-10-16-5-3-4-6-18(16)15-26/h3-9,11,13-14H,10,12,15H2,1-2H3,(H,24,25). The molecule has 1 aliphatic heterocycles. The third-order valence-electron chi connectivity index (χ3n) is 5.10. The Bertz CT molecular complexity index is 1040. The molecule has 2 heterocycles. The first-order chi connectivity index (χ1) is 14.2. The Morgan fingerprint density at radius 1 is 1.03 bits per heavy atom. The molecule has 0 bridgehead atoms. The van der Waals surface area contributed by atoms with Gasteiger partial charge in [0.2, 0.25) is 0 Å². The number of carbonyl (C=O) groups is 1. The number of methoxy groups -OCH3 is 2. The molecule has 0 radical (unpaired) electrons. The van der Waals surface area contributed by atoms with Crippen LogP contribution in [-0.4, -0.2) is 36.6 Å². The van der Waals surface area contributed by atoms with Crippen LogP contribution < -0.4 is 14.8 Å². The SMILES string of the molecule is COc1ccc(Nc2cc(C(=O)N3CCc4ccccc4C3)ccn2)c(OC)c1. The first-order valence-electron chi connectivity index (χ1n) is 9.49. The first kappa shape index (κ1) is 18.8. The Morgan fingerprint density at radius 2 is 1.86 bits per heavy atom. The Kier molecular flexibility index (Phi) is 5.33. The van der Waals surface area contributed by atoms with Gasteiger partial charge in [-0.2, -0.15) is 0 Å². The van der Waals surface area contributed by atoms with E-state index >= 15 is 0 Å². The summed E-state index contributed by atoms with van der Waals surface area (Å²) in [6.07, 6.45) is 2.52. The van der Waals surface area contributed by atoms with Gasteiger partial charge in [-0.15, -0.1) is 0 Å². The van der Waals surface area contributed by atoms with Crippen molar-refractivity contribution in [3.63, 3.8) is 0 Å². The van der Waals surface area contributed by atoms with Crippen LogP contribution >= 0.6 is 0 Å². The fourth-order valence-corrected chi connectivity index (χ4v) is 3.52. The van der Waals surface area contributed by atoms with Gasteiger partial charge in [-0.25, -0.2) is 4.98 Å². The molecule has 0 spiro atoms. The van der Waals surface area contributed by atoms with Crippen molar-refractivity contribution >= 4 is 17.4 Å². The van der Waals surface area contributed by atoms with Gasteiger partial charge in [0, 0.05) is 30.9 Å². The van der Waals surface area contributed by atoms with Crippen LogP contribution in [0, 0.1) is 0 Å². The van der Waals surface area contributed by atoms with Crippen molar-refractivity contribution in [1.82, 2.24) is 9.88 Å². The number of fused-ring (bicyclic) bond motifs is 1. The van der Waals surface area contributed by atoms with E-state index < -0.39 is 0 Å². The largest absolute Gasteiger partial charge is 0.497 e. The van der Waals surface area contributed by atoms with E-state index in [2.05, 4.69) is 22.4 Å². The fourth-order valence-electron chi connectivity index (χ4n) is 3.52. The Balaban J connectivity index is 1.53. The highest BCUT2D eigenvalue weighted by atomic mass is 16.5. The molecular weight excluding hydrogens is 366 g/mol. The van der Waals surface area contributed by atoms with Crippen LogP contribution in [0.25, 0.3) is 0 Å². The number of hydrogen-bond acceptors (Lipinski definition) is 5. The lowest BCUT2D eigenvalue weighted by molar-refractivity contribution is 0.0734. The number of pyridine rings is 1. The van der Waals surface area contributed by atoms with Crippen LogP contribution in [0.3, 0.4) is 0 Å². The molecule has 0 saturated carbocycles. The molecule has 0 atom stereocenters. The van der Waals surface area contributed by atoms with Gasteiger partial charge in [0.1, 0.15) is 17.3 Å². The molecule has 0 fully saturated rings. The van der Waals surface area contributed by atoms with Gasteiger partial charge in [-0.3, -0.25) is 4.79 Å². The Hall–Kier alpha value is -3.54. The van der Waals surface area contributed by atoms with Crippen LogP contribution in [-0.2, 0) is 13.0 Å². The predicted octanol–water partition coefficient (Wildman–Crippen LogP) is 4.04. The van der Waals surface area contributed by atoms with Gasteiger partial charge < -0.3 is 19.7 Å². The minimum atomic E-state index is 0.00616. The van der Waals surface area contributed by atoms with E-state index in [1.54, 1.807) is 38.6 Å². The summed E-state index contributed by atoms with van der Waals surface area (Å²) in [5, 5.41) is 3.23. The van der Waals surface area contributed by atoms with Crippen LogP contribution in [0.1, 0.15) is 21.5 Å². The van der Waals surface area contributed by atoms with Crippen molar-refractivity contribution in [2.45, 2.75) is 13.0 Å². The maximum absolute atomic E-state index is 13.0. The molecule has 1 aliphatic rings. The normalized spacial score (nSPS) is 12.8. The third kappa shape index (κ3) is 4.01. The average Bonchev–Trinajstić information content (AvgIpc) is 2.78. The number of aromatic nitrogens is 1. The summed E-state index contributed by atoms with van der Waals surface area (Å²) in [4.78, 5) is 19.3. The molecule has 2 aromatic carbocycles. The summed E-state index contributed by atoms with van der Waals surface area (Å²) >= 11 is 0. The molecule has 0 aliphatic carbocycles. The number of carbonyl (C=O) groups excluding carboxylic acids is 1. The molecule has 29 heavy (non-hydrogen) atoms. The van der Waals surface area contributed by atoms with Gasteiger partial charge >= 0.3 is 0 Å². The number of benzene rings is 2. The van der Waals surface area contributed by atoms with E-state index in [-0.39, 0.29) is 5.91 Å². The van der Waals surface area contributed by atoms with Crippen LogP contribution in [0.15, 0.2) is 60.8 Å². The fraction of sp³-hybridized carbons (Fsp3) is 0.217. The lowest BCUT2D eigenvalue weighted by Gasteiger charge is -2.29. The van der Waals surface area contributed by atoms with Gasteiger partial charge in [-0.05, 0) is 41.8 Å². The van der Waals surface area contributed by atoms with Crippen molar-refractivity contribution in [3.05, 3.63) is 77.5 Å². The summed E-state index contributed by atoms with van der Waals surface area (Å²) in [7, 11) is 3.21. The molecule has 3 aromatic rings. The van der Waals surface area contributed by atoms with Crippen molar-refractivity contribution in [3.8, 4) is 11.5 Å². The summed E-state index contributed by atoms with van der Waals surface area (Å²) < 4.78 is 10.7. The highest BCUT2D eigenvalue weighted by molar-refractivity contribution is 5.95. The highest BCUT2D eigenvalue weighted by Gasteiger charge is 2.22. The van der Waals surface area contributed by atoms with Gasteiger partial charge in [0.05, 0.1) is 19.9 Å². The molecule has 4 rings (SSSR count). The van der Waals surface area contributed by atoms with Crippen LogP contribution in [0.4, 0.5) is 11.5 Å². The van der Waals surface area contributed by atoms with Crippen molar-refractivity contribution < 1.29 is 14.3 Å². The van der Waals surface area contributed by atoms with E-state index in [1.165, 1.54) is 11.1 Å². The lowest BCUT2D eigenvalue weighted by atomic mass is 9.99. The zero-order valence-corrected chi connectivity index (χ0v) is 16.5. The zero-order valence-electron chi connectivity index (χ0n) is 16.5. The summed E-state index contributed by atoms with van der Waals surface area (Å²) in [5.74, 6) is 1.92.